The molecule has 6 aromatic rings. The van der Waals surface area contributed by atoms with Gasteiger partial charge < -0.3 is 23.7 Å². The number of methoxy groups -OCH3 is 3. The van der Waals surface area contributed by atoms with Crippen LogP contribution in [0.5, 0.6) is 23.0 Å². The number of rotatable bonds is 9. The molecule has 3 fully saturated rings. The summed E-state index contributed by atoms with van der Waals surface area (Å²) in [7, 11) is 4.41. The average Bonchev–Trinajstić information content (AvgIpc) is 3.91. The SMILES string of the molecule is COc1ccc([C@@]23C(=O)N(Nc4ccc(Cl)cc4Cl)C(=O)[C@@H]2C[C@@H]2C(=CC[C@@H]4C(=O)N(c5ccc(-c6nc7ccccc7o6)cc5)C(=O)[C@@H]42)[C@@H]3c2c(O)cc(OC)cc2OC)cc1. The van der Waals surface area contributed by atoms with E-state index in [1.807, 2.05) is 30.3 Å². The second kappa shape index (κ2) is 15.2. The van der Waals surface area contributed by atoms with Crippen LogP contribution in [0, 0.1) is 23.7 Å². The predicted octanol–water partition coefficient (Wildman–Crippen LogP) is 8.72. The zero-order valence-electron chi connectivity index (χ0n) is 34.0. The highest BCUT2D eigenvalue weighted by molar-refractivity contribution is 6.36. The van der Waals surface area contributed by atoms with Crippen molar-refractivity contribution in [2.24, 2.45) is 23.7 Å². The number of carbonyl (C=O) groups is 4. The van der Waals surface area contributed by atoms with Crippen molar-refractivity contribution in [2.75, 3.05) is 31.7 Å². The lowest BCUT2D eigenvalue weighted by Crippen LogP contribution is -2.53. The minimum Gasteiger partial charge on any atom is -0.507 e. The third-order valence-electron chi connectivity index (χ3n) is 13.1. The molecule has 0 bridgehead atoms. The number of para-hydroxylation sites is 2. The van der Waals surface area contributed by atoms with Crippen molar-refractivity contribution in [3.8, 4) is 34.5 Å². The number of benzene rings is 5. The van der Waals surface area contributed by atoms with Gasteiger partial charge in [-0.15, -0.1) is 0 Å². The van der Waals surface area contributed by atoms with Gasteiger partial charge in [0.25, 0.3) is 11.8 Å². The quantitative estimate of drug-likeness (QED) is 0.106. The highest BCUT2D eigenvalue weighted by Gasteiger charge is 2.71. The van der Waals surface area contributed by atoms with E-state index in [4.69, 9.17) is 41.8 Å². The molecule has 6 atom stereocenters. The number of fused-ring (bicyclic) bond motifs is 5. The summed E-state index contributed by atoms with van der Waals surface area (Å²) in [5.41, 5.74) is 5.14. The van der Waals surface area contributed by atoms with Gasteiger partial charge in [-0.2, -0.15) is 5.01 Å². The second-order valence-electron chi connectivity index (χ2n) is 16.0. The van der Waals surface area contributed by atoms with E-state index in [1.165, 1.54) is 38.4 Å². The van der Waals surface area contributed by atoms with E-state index >= 15 is 9.59 Å². The zero-order chi connectivity index (χ0) is 43.9. The van der Waals surface area contributed by atoms with Crippen molar-refractivity contribution in [3.63, 3.8) is 0 Å². The van der Waals surface area contributed by atoms with Gasteiger partial charge in [-0.1, -0.05) is 59.1 Å². The maximum Gasteiger partial charge on any atom is 0.260 e. The van der Waals surface area contributed by atoms with Gasteiger partial charge in [-0.05, 0) is 91.1 Å². The Balaban J connectivity index is 1.12. The Morgan fingerprint density at radius 1 is 0.810 bits per heavy atom. The summed E-state index contributed by atoms with van der Waals surface area (Å²) in [4.78, 5) is 66.1. The first-order valence-electron chi connectivity index (χ1n) is 20.2. The molecule has 0 unspecified atom stereocenters. The van der Waals surface area contributed by atoms with Gasteiger partial charge in [0.05, 0.1) is 60.9 Å². The van der Waals surface area contributed by atoms with E-state index < -0.39 is 52.7 Å². The van der Waals surface area contributed by atoms with Crippen molar-refractivity contribution in [1.82, 2.24) is 9.99 Å². The van der Waals surface area contributed by atoms with Crippen LogP contribution < -0.4 is 24.5 Å². The van der Waals surface area contributed by atoms with Gasteiger partial charge >= 0.3 is 0 Å². The fourth-order valence-corrected chi connectivity index (χ4v) is 10.8. The number of carbonyl (C=O) groups excluding carboxylic acids is 4. The molecule has 2 N–H and O–H groups in total. The molecule has 0 spiro atoms. The van der Waals surface area contributed by atoms with Crippen molar-refractivity contribution >= 4 is 69.3 Å². The Labute approximate surface area is 370 Å². The first-order chi connectivity index (χ1) is 30.5. The van der Waals surface area contributed by atoms with E-state index in [-0.39, 0.29) is 52.3 Å². The molecular weight excluding hydrogens is 847 g/mol. The van der Waals surface area contributed by atoms with E-state index in [2.05, 4.69) is 10.4 Å². The molecule has 318 valence electrons. The van der Waals surface area contributed by atoms with E-state index in [9.17, 15) is 14.7 Å². The van der Waals surface area contributed by atoms with Crippen LogP contribution in [0.4, 0.5) is 11.4 Å². The third kappa shape index (κ3) is 6.08. The number of phenolic OH excluding ortho intramolecular Hbond substituents is 1. The van der Waals surface area contributed by atoms with Crippen LogP contribution in [0.3, 0.4) is 0 Å². The predicted molar refractivity (Wildman–Crippen MR) is 234 cm³/mol. The summed E-state index contributed by atoms with van der Waals surface area (Å²) >= 11 is 12.8. The van der Waals surface area contributed by atoms with Crippen LogP contribution in [0.25, 0.3) is 22.6 Å². The van der Waals surface area contributed by atoms with Crippen LogP contribution in [0.1, 0.15) is 29.9 Å². The van der Waals surface area contributed by atoms with Crippen LogP contribution in [-0.4, -0.2) is 60.1 Å². The van der Waals surface area contributed by atoms with E-state index in [0.717, 1.165) is 5.01 Å². The lowest BCUT2D eigenvalue weighted by atomic mass is 9.49. The first kappa shape index (κ1) is 40.3. The third-order valence-corrected chi connectivity index (χ3v) is 13.6. The van der Waals surface area contributed by atoms with Crippen LogP contribution in [0.2, 0.25) is 10.0 Å². The summed E-state index contributed by atoms with van der Waals surface area (Å²) in [6.07, 6.45) is 2.06. The molecule has 63 heavy (non-hydrogen) atoms. The number of hydrogen-bond acceptors (Lipinski definition) is 11. The number of amides is 4. The monoisotopic (exact) mass is 884 g/mol. The number of ether oxygens (including phenoxy) is 3. The van der Waals surface area contributed by atoms with Gasteiger partial charge in [-0.3, -0.25) is 29.5 Å². The van der Waals surface area contributed by atoms with Crippen molar-refractivity contribution < 1.29 is 42.9 Å². The smallest absolute Gasteiger partial charge is 0.260 e. The number of aromatic nitrogens is 1. The van der Waals surface area contributed by atoms with E-state index in [1.54, 1.807) is 66.7 Å². The van der Waals surface area contributed by atoms with E-state index in [0.29, 0.717) is 50.1 Å². The molecule has 15 heteroatoms. The summed E-state index contributed by atoms with van der Waals surface area (Å²) in [5.74, 6) is -5.55. The lowest BCUT2D eigenvalue weighted by molar-refractivity contribution is -0.138. The number of allylic oxidation sites excluding steroid dienone is 2. The number of hydrazine groups is 1. The highest BCUT2D eigenvalue weighted by Crippen LogP contribution is 2.66. The number of halogens is 2. The molecule has 4 aliphatic rings. The minimum absolute atomic E-state index is 0.00931. The van der Waals surface area contributed by atoms with Crippen LogP contribution in [0.15, 0.2) is 119 Å². The minimum atomic E-state index is -1.74. The molecule has 1 aromatic heterocycles. The number of imide groups is 2. The Kier molecular flexibility index (Phi) is 9.72. The molecular formula is C48H38Cl2N4O9. The second-order valence-corrected chi connectivity index (χ2v) is 16.9. The Morgan fingerprint density at radius 3 is 2.25 bits per heavy atom. The molecule has 13 nitrogen and oxygen atoms in total. The molecule has 2 saturated heterocycles. The number of oxazole rings is 1. The molecule has 2 aliphatic carbocycles. The number of nitrogens with zero attached hydrogens (tertiary/aromatic N) is 3. The van der Waals surface area contributed by atoms with Gasteiger partial charge in [0.2, 0.25) is 17.7 Å². The summed E-state index contributed by atoms with van der Waals surface area (Å²) in [5, 5.41) is 13.6. The maximum atomic E-state index is 15.7. The van der Waals surface area contributed by atoms with Crippen molar-refractivity contribution in [3.05, 3.63) is 136 Å². The number of hydrogen-bond donors (Lipinski definition) is 2. The number of phenols is 1. The zero-order valence-corrected chi connectivity index (χ0v) is 35.5. The standard InChI is InChI=1S/C48H38Cl2N4O9/c1-60-28-15-10-25(11-16-28)48-33(45(57)54(47(48)59)52-35-19-12-26(49)20-34(35)50)23-32-30(42(48)41-37(55)21-29(61-2)22-39(41)62-3)17-18-31-40(32)46(58)53(44(31)56)27-13-8-24(9-14-27)43-51-36-6-4-5-7-38(36)63-43/h4-17,19-22,31-33,40,42,52,55H,18,23H2,1-3H3/t31-,32+,33-,40-,42+,48+/m0/s1. The van der Waals surface area contributed by atoms with Gasteiger partial charge in [0, 0.05) is 34.2 Å². The number of anilines is 2. The van der Waals surface area contributed by atoms with Crippen molar-refractivity contribution in [1.29, 1.82) is 0 Å². The summed E-state index contributed by atoms with van der Waals surface area (Å²) in [6.45, 7) is 0. The molecule has 1 saturated carbocycles. The fourth-order valence-electron chi connectivity index (χ4n) is 10.3. The molecule has 2 aliphatic heterocycles. The maximum absolute atomic E-state index is 15.7. The topological polar surface area (TPSA) is 161 Å². The lowest BCUT2D eigenvalue weighted by Gasteiger charge is -2.50. The first-order valence-corrected chi connectivity index (χ1v) is 21.0. The number of nitrogens with one attached hydrogen (secondary N) is 1. The molecule has 5 aromatic carbocycles. The van der Waals surface area contributed by atoms with Gasteiger partial charge in [-0.25, -0.2) is 4.98 Å². The van der Waals surface area contributed by atoms with Crippen LogP contribution >= 0.6 is 23.2 Å². The highest BCUT2D eigenvalue weighted by atomic mass is 35.5. The Morgan fingerprint density at radius 2 is 1.56 bits per heavy atom. The fraction of sp³-hybridized carbons (Fsp3) is 0.229. The number of aromatic hydroxyl groups is 1. The Hall–Kier alpha value is -6.83. The molecule has 4 amide bonds. The summed E-state index contributed by atoms with van der Waals surface area (Å²) in [6, 6.07) is 28.8. The summed E-state index contributed by atoms with van der Waals surface area (Å²) < 4.78 is 22.9. The van der Waals surface area contributed by atoms with Crippen LogP contribution in [-0.2, 0) is 24.6 Å². The molecule has 3 heterocycles. The normalized spacial score (nSPS) is 24.0. The molecule has 0 radical (unpaired) electrons. The van der Waals surface area contributed by atoms with Gasteiger partial charge in [0.15, 0.2) is 5.58 Å². The van der Waals surface area contributed by atoms with Crippen molar-refractivity contribution in [2.45, 2.75) is 24.2 Å². The molecule has 10 rings (SSSR count). The largest absolute Gasteiger partial charge is 0.507 e. The van der Waals surface area contributed by atoms with Gasteiger partial charge in [0.1, 0.15) is 28.5 Å². The Bertz CT molecular complexity index is 2880. The average molecular weight is 886 g/mol.